The van der Waals surface area contributed by atoms with Crippen molar-refractivity contribution in [2.75, 3.05) is 31.1 Å². The molecule has 1 saturated heterocycles. The molecule has 4 rings (SSSR count). The van der Waals surface area contributed by atoms with Gasteiger partial charge < -0.3 is 9.32 Å². The first-order chi connectivity index (χ1) is 12.6. The van der Waals surface area contributed by atoms with E-state index in [-0.39, 0.29) is 0 Å². The maximum absolute atomic E-state index is 5.20. The second-order valence-electron chi connectivity index (χ2n) is 8.51. The predicted octanol–water partition coefficient (Wildman–Crippen LogP) is 5.20. The SMILES string of the molecule is CC1(C)CC=C(c2ccccc2N2CCN(Cc3ccoc3)CC2)CC1. The van der Waals surface area contributed by atoms with Crippen LogP contribution in [0.2, 0.25) is 0 Å². The quantitative estimate of drug-likeness (QED) is 0.756. The van der Waals surface area contributed by atoms with Gasteiger partial charge in [-0.25, -0.2) is 0 Å². The average molecular weight is 351 g/mol. The molecule has 3 heteroatoms. The Hall–Kier alpha value is -2.00. The molecule has 1 aromatic heterocycles. The molecular weight excluding hydrogens is 320 g/mol. The lowest BCUT2D eigenvalue weighted by Gasteiger charge is -2.37. The summed E-state index contributed by atoms with van der Waals surface area (Å²) in [4.78, 5) is 5.09. The van der Waals surface area contributed by atoms with E-state index in [0.29, 0.717) is 5.41 Å². The molecule has 3 nitrogen and oxygen atoms in total. The normalized spacial score (nSPS) is 20.8. The zero-order valence-electron chi connectivity index (χ0n) is 16.1. The Bertz CT molecular complexity index is 752. The van der Waals surface area contributed by atoms with E-state index in [4.69, 9.17) is 4.42 Å². The molecular formula is C23H30N2O. The summed E-state index contributed by atoms with van der Waals surface area (Å²) in [6, 6.07) is 11.1. The summed E-state index contributed by atoms with van der Waals surface area (Å²) in [5.41, 5.74) is 6.14. The van der Waals surface area contributed by atoms with Gasteiger partial charge in [0.05, 0.1) is 12.5 Å². The van der Waals surface area contributed by atoms with Crippen LogP contribution in [0.15, 0.2) is 53.4 Å². The molecule has 1 aliphatic heterocycles. The van der Waals surface area contributed by atoms with Gasteiger partial charge in [0.1, 0.15) is 0 Å². The summed E-state index contributed by atoms with van der Waals surface area (Å²) in [5.74, 6) is 0. The second-order valence-corrected chi connectivity index (χ2v) is 8.51. The molecule has 138 valence electrons. The number of furan rings is 1. The van der Waals surface area contributed by atoms with Crippen LogP contribution in [-0.2, 0) is 6.54 Å². The summed E-state index contributed by atoms with van der Waals surface area (Å²) in [5, 5.41) is 0. The van der Waals surface area contributed by atoms with Crippen LogP contribution in [0.25, 0.3) is 5.57 Å². The maximum atomic E-state index is 5.20. The van der Waals surface area contributed by atoms with E-state index >= 15 is 0 Å². The van der Waals surface area contributed by atoms with Crippen LogP contribution in [0.5, 0.6) is 0 Å². The zero-order valence-corrected chi connectivity index (χ0v) is 16.1. The lowest BCUT2D eigenvalue weighted by molar-refractivity contribution is 0.249. The first-order valence-electron chi connectivity index (χ1n) is 9.88. The van der Waals surface area contributed by atoms with Crippen LogP contribution in [0, 0.1) is 5.41 Å². The van der Waals surface area contributed by atoms with Gasteiger partial charge in [0.25, 0.3) is 0 Å². The maximum Gasteiger partial charge on any atom is 0.0947 e. The Balaban J connectivity index is 1.45. The van der Waals surface area contributed by atoms with E-state index in [0.717, 1.165) is 32.7 Å². The number of benzene rings is 1. The summed E-state index contributed by atoms with van der Waals surface area (Å²) < 4.78 is 5.20. The minimum absolute atomic E-state index is 0.456. The number of para-hydroxylation sites is 1. The van der Waals surface area contributed by atoms with E-state index in [9.17, 15) is 0 Å². The number of piperazine rings is 1. The molecule has 0 amide bonds. The molecule has 0 spiro atoms. The Kier molecular flexibility index (Phi) is 4.90. The van der Waals surface area contributed by atoms with E-state index in [1.807, 2.05) is 6.26 Å². The summed E-state index contributed by atoms with van der Waals surface area (Å²) in [6.45, 7) is 10.1. The standard InChI is InChI=1S/C23H30N2O/c1-23(2)10-7-20(8-11-23)21-5-3-4-6-22(21)25-14-12-24(13-15-25)17-19-9-16-26-18-19/h3-7,9,16,18H,8,10-15,17H2,1-2H3. The molecule has 0 radical (unpaired) electrons. The van der Waals surface area contributed by atoms with Crippen LogP contribution < -0.4 is 4.90 Å². The highest BCUT2D eigenvalue weighted by atomic mass is 16.3. The zero-order chi connectivity index (χ0) is 18.0. The number of hydrogen-bond acceptors (Lipinski definition) is 3. The van der Waals surface area contributed by atoms with Crippen molar-refractivity contribution in [1.29, 1.82) is 0 Å². The molecule has 26 heavy (non-hydrogen) atoms. The topological polar surface area (TPSA) is 19.6 Å². The van der Waals surface area contributed by atoms with Crippen LogP contribution in [0.1, 0.15) is 44.2 Å². The average Bonchev–Trinajstić information content (AvgIpc) is 3.16. The monoisotopic (exact) mass is 350 g/mol. The van der Waals surface area contributed by atoms with Gasteiger partial charge in [-0.05, 0) is 42.4 Å². The Morgan fingerprint density at radius 2 is 1.85 bits per heavy atom. The Morgan fingerprint density at radius 1 is 1.04 bits per heavy atom. The van der Waals surface area contributed by atoms with E-state index in [1.54, 1.807) is 11.8 Å². The van der Waals surface area contributed by atoms with Crippen molar-refractivity contribution < 1.29 is 4.42 Å². The highest BCUT2D eigenvalue weighted by Gasteiger charge is 2.25. The number of hydrogen-bond donors (Lipinski definition) is 0. The Labute approximate surface area is 157 Å². The van der Waals surface area contributed by atoms with Gasteiger partial charge in [-0.1, -0.05) is 38.1 Å². The van der Waals surface area contributed by atoms with Crippen molar-refractivity contribution >= 4 is 11.3 Å². The molecule has 0 unspecified atom stereocenters. The largest absolute Gasteiger partial charge is 0.472 e. The molecule has 1 fully saturated rings. The third-order valence-electron chi connectivity index (χ3n) is 5.92. The van der Waals surface area contributed by atoms with E-state index in [1.165, 1.54) is 36.1 Å². The fraction of sp³-hybridized carbons (Fsp3) is 0.478. The van der Waals surface area contributed by atoms with Gasteiger partial charge >= 0.3 is 0 Å². The molecule has 1 aliphatic carbocycles. The van der Waals surface area contributed by atoms with Crippen molar-refractivity contribution in [2.45, 2.75) is 39.7 Å². The smallest absolute Gasteiger partial charge is 0.0947 e. The van der Waals surface area contributed by atoms with Gasteiger partial charge in [-0.2, -0.15) is 0 Å². The van der Waals surface area contributed by atoms with Gasteiger partial charge in [0.15, 0.2) is 0 Å². The second kappa shape index (κ2) is 7.32. The van der Waals surface area contributed by atoms with Gasteiger partial charge in [0, 0.05) is 49.5 Å². The molecule has 2 heterocycles. The van der Waals surface area contributed by atoms with Crippen molar-refractivity contribution in [1.82, 2.24) is 4.90 Å². The van der Waals surface area contributed by atoms with Crippen LogP contribution in [0.3, 0.4) is 0 Å². The summed E-state index contributed by atoms with van der Waals surface area (Å²) >= 11 is 0. The highest BCUT2D eigenvalue weighted by molar-refractivity contribution is 5.77. The van der Waals surface area contributed by atoms with Crippen molar-refractivity contribution in [3.8, 4) is 0 Å². The van der Waals surface area contributed by atoms with Crippen molar-refractivity contribution in [2.24, 2.45) is 5.41 Å². The molecule has 0 saturated carbocycles. The van der Waals surface area contributed by atoms with Crippen molar-refractivity contribution in [3.05, 3.63) is 60.1 Å². The molecule has 2 aromatic rings. The third kappa shape index (κ3) is 3.88. The van der Waals surface area contributed by atoms with Crippen LogP contribution >= 0.6 is 0 Å². The van der Waals surface area contributed by atoms with Gasteiger partial charge in [-0.3, -0.25) is 4.90 Å². The minimum atomic E-state index is 0.456. The Morgan fingerprint density at radius 3 is 2.54 bits per heavy atom. The van der Waals surface area contributed by atoms with Gasteiger partial charge in [-0.15, -0.1) is 0 Å². The van der Waals surface area contributed by atoms with E-state index < -0.39 is 0 Å². The molecule has 1 aromatic carbocycles. The predicted molar refractivity (Wildman–Crippen MR) is 108 cm³/mol. The summed E-state index contributed by atoms with van der Waals surface area (Å²) in [7, 11) is 0. The van der Waals surface area contributed by atoms with Crippen LogP contribution in [0.4, 0.5) is 5.69 Å². The molecule has 0 N–H and O–H groups in total. The minimum Gasteiger partial charge on any atom is -0.472 e. The number of rotatable bonds is 4. The van der Waals surface area contributed by atoms with Gasteiger partial charge in [0.2, 0.25) is 0 Å². The lowest BCUT2D eigenvalue weighted by atomic mass is 9.77. The molecule has 0 atom stereocenters. The lowest BCUT2D eigenvalue weighted by Crippen LogP contribution is -2.46. The third-order valence-corrected chi connectivity index (χ3v) is 5.92. The van der Waals surface area contributed by atoms with E-state index in [2.05, 4.69) is 60.1 Å². The molecule has 0 bridgehead atoms. The van der Waals surface area contributed by atoms with Crippen molar-refractivity contribution in [3.63, 3.8) is 0 Å². The fourth-order valence-corrected chi connectivity index (χ4v) is 4.13. The number of allylic oxidation sites excluding steroid dienone is 2. The molecule has 2 aliphatic rings. The van der Waals surface area contributed by atoms with Crippen LogP contribution in [-0.4, -0.2) is 31.1 Å². The number of anilines is 1. The number of nitrogens with zero attached hydrogens (tertiary/aromatic N) is 2. The highest BCUT2D eigenvalue weighted by Crippen LogP contribution is 2.40. The summed E-state index contributed by atoms with van der Waals surface area (Å²) in [6.07, 6.45) is 9.78. The fourth-order valence-electron chi connectivity index (χ4n) is 4.13. The first kappa shape index (κ1) is 17.4. The first-order valence-corrected chi connectivity index (χ1v) is 9.88.